The van der Waals surface area contributed by atoms with Crippen LogP contribution in [0.5, 0.6) is 11.5 Å². The fourth-order valence-electron chi connectivity index (χ4n) is 3.43. The highest BCUT2D eigenvalue weighted by atomic mass is 32.2. The smallest absolute Gasteiger partial charge is 0.244 e. The number of nitrogens with one attached hydrogen (secondary N) is 1. The van der Waals surface area contributed by atoms with E-state index in [0.29, 0.717) is 30.9 Å². The molecule has 0 spiro atoms. The van der Waals surface area contributed by atoms with E-state index in [9.17, 15) is 12.8 Å². The van der Waals surface area contributed by atoms with Gasteiger partial charge in [-0.3, -0.25) is 0 Å². The first-order valence-corrected chi connectivity index (χ1v) is 10.6. The highest BCUT2D eigenvalue weighted by molar-refractivity contribution is 7.89. The summed E-state index contributed by atoms with van der Waals surface area (Å²) >= 11 is 0. The normalized spacial score (nSPS) is 17.4. The van der Waals surface area contributed by atoms with Gasteiger partial charge in [0.2, 0.25) is 10.0 Å². The van der Waals surface area contributed by atoms with Gasteiger partial charge in [-0.2, -0.15) is 0 Å². The maximum Gasteiger partial charge on any atom is 0.244 e. The Hall–Kier alpha value is -2.32. The lowest BCUT2D eigenvalue weighted by Gasteiger charge is -2.35. The van der Waals surface area contributed by atoms with Crippen LogP contribution in [0.25, 0.3) is 0 Å². The van der Waals surface area contributed by atoms with Gasteiger partial charge in [0, 0.05) is 25.2 Å². The van der Waals surface area contributed by atoms with Crippen molar-refractivity contribution in [1.29, 1.82) is 0 Å². The van der Waals surface area contributed by atoms with Crippen LogP contribution in [0.3, 0.4) is 0 Å². The maximum absolute atomic E-state index is 14.3. The Labute approximate surface area is 165 Å². The average Bonchev–Trinajstić information content (AvgIpc) is 2.69. The Bertz CT molecular complexity index is 949. The predicted octanol–water partition coefficient (Wildman–Crippen LogP) is 3.10. The van der Waals surface area contributed by atoms with Crippen molar-refractivity contribution in [2.24, 2.45) is 0 Å². The van der Waals surface area contributed by atoms with Crippen LogP contribution in [0.1, 0.15) is 18.4 Å². The van der Waals surface area contributed by atoms with Gasteiger partial charge in [0.05, 0.1) is 19.9 Å². The van der Waals surface area contributed by atoms with Crippen LogP contribution in [0.2, 0.25) is 0 Å². The molecule has 0 amide bonds. The van der Waals surface area contributed by atoms with Crippen molar-refractivity contribution in [2.45, 2.75) is 30.7 Å². The molecule has 1 atom stereocenters. The maximum atomic E-state index is 14.3. The van der Waals surface area contributed by atoms with Gasteiger partial charge < -0.3 is 14.4 Å². The number of sulfonamides is 1. The van der Waals surface area contributed by atoms with Crippen molar-refractivity contribution in [3.8, 4) is 11.5 Å². The SMILES string of the molecule is COc1ccc(OC)c(S(=O)(=O)NC2CCCN(c3cc(C)ccc3F)C2)c1. The van der Waals surface area contributed by atoms with E-state index in [1.165, 1.54) is 26.4 Å². The number of hydrogen-bond acceptors (Lipinski definition) is 5. The van der Waals surface area contributed by atoms with Crippen molar-refractivity contribution in [3.63, 3.8) is 0 Å². The Morgan fingerprint density at radius 2 is 1.93 bits per heavy atom. The quantitative estimate of drug-likeness (QED) is 0.796. The number of nitrogens with zero attached hydrogens (tertiary/aromatic N) is 1. The van der Waals surface area contributed by atoms with Gasteiger partial charge in [-0.15, -0.1) is 0 Å². The van der Waals surface area contributed by atoms with Crippen LogP contribution in [0.15, 0.2) is 41.3 Å². The fourth-order valence-corrected chi connectivity index (χ4v) is 4.88. The molecule has 0 aliphatic carbocycles. The number of aryl methyl sites for hydroxylation is 1. The van der Waals surface area contributed by atoms with Crippen molar-refractivity contribution in [1.82, 2.24) is 4.72 Å². The summed E-state index contributed by atoms with van der Waals surface area (Å²) in [5.74, 6) is 0.363. The van der Waals surface area contributed by atoms with E-state index < -0.39 is 10.0 Å². The molecule has 152 valence electrons. The van der Waals surface area contributed by atoms with E-state index in [0.717, 1.165) is 12.0 Å². The highest BCUT2D eigenvalue weighted by Crippen LogP contribution is 2.29. The second kappa shape index (κ2) is 8.36. The van der Waals surface area contributed by atoms with Crippen LogP contribution in [-0.4, -0.2) is 41.8 Å². The molecular formula is C20H25FN2O4S. The first kappa shape index (κ1) is 20.4. The molecule has 2 aromatic carbocycles. The zero-order valence-corrected chi connectivity index (χ0v) is 17.1. The summed E-state index contributed by atoms with van der Waals surface area (Å²) in [6, 6.07) is 9.25. The summed E-state index contributed by atoms with van der Waals surface area (Å²) in [5, 5.41) is 0. The van der Waals surface area contributed by atoms with Gasteiger partial charge in [-0.25, -0.2) is 17.5 Å². The standard InChI is InChI=1S/C20H25FN2O4S/c1-14-6-8-17(21)18(11-14)23-10-4-5-15(13-23)22-28(24,25)20-12-16(26-2)7-9-19(20)27-3/h6-9,11-12,15,22H,4-5,10,13H2,1-3H3. The third kappa shape index (κ3) is 4.39. The van der Waals surface area contributed by atoms with E-state index in [-0.39, 0.29) is 22.5 Å². The minimum atomic E-state index is -3.83. The number of methoxy groups -OCH3 is 2. The van der Waals surface area contributed by atoms with Gasteiger partial charge in [0.25, 0.3) is 0 Å². The number of hydrogen-bond donors (Lipinski definition) is 1. The Kier molecular flexibility index (Phi) is 6.10. The van der Waals surface area contributed by atoms with E-state index in [1.54, 1.807) is 24.3 Å². The largest absolute Gasteiger partial charge is 0.497 e. The highest BCUT2D eigenvalue weighted by Gasteiger charge is 2.28. The number of ether oxygens (including phenoxy) is 2. The second-order valence-corrected chi connectivity index (χ2v) is 8.56. The molecule has 1 heterocycles. The summed E-state index contributed by atoms with van der Waals surface area (Å²) in [6.07, 6.45) is 1.44. The summed E-state index contributed by atoms with van der Waals surface area (Å²) in [4.78, 5) is 1.91. The lowest BCUT2D eigenvalue weighted by molar-refractivity contribution is 0.391. The van der Waals surface area contributed by atoms with Crippen molar-refractivity contribution in [3.05, 3.63) is 47.8 Å². The molecule has 0 radical (unpaired) electrons. The summed E-state index contributed by atoms with van der Waals surface area (Å²) < 4.78 is 53.3. The topological polar surface area (TPSA) is 67.9 Å². The monoisotopic (exact) mass is 408 g/mol. The van der Waals surface area contributed by atoms with Crippen LogP contribution < -0.4 is 19.1 Å². The van der Waals surface area contributed by atoms with Crippen molar-refractivity contribution < 1.29 is 22.3 Å². The zero-order valence-electron chi connectivity index (χ0n) is 16.2. The van der Waals surface area contributed by atoms with E-state index >= 15 is 0 Å². The third-order valence-corrected chi connectivity index (χ3v) is 6.39. The number of halogens is 1. The molecule has 6 nitrogen and oxygen atoms in total. The van der Waals surface area contributed by atoms with E-state index in [2.05, 4.69) is 4.72 Å². The molecule has 28 heavy (non-hydrogen) atoms. The van der Waals surface area contributed by atoms with Gasteiger partial charge in [0.1, 0.15) is 22.2 Å². The molecule has 1 unspecified atom stereocenters. The lowest BCUT2D eigenvalue weighted by Crippen LogP contribution is -2.48. The molecule has 3 rings (SSSR count). The first-order chi connectivity index (χ1) is 13.3. The van der Waals surface area contributed by atoms with Crippen LogP contribution in [0, 0.1) is 12.7 Å². The molecule has 1 aliphatic heterocycles. The van der Waals surface area contributed by atoms with Gasteiger partial charge >= 0.3 is 0 Å². The Morgan fingerprint density at radius 3 is 2.64 bits per heavy atom. The van der Waals surface area contributed by atoms with Gasteiger partial charge in [0.15, 0.2) is 0 Å². The van der Waals surface area contributed by atoms with E-state index in [4.69, 9.17) is 9.47 Å². The number of anilines is 1. The molecule has 1 aliphatic rings. The van der Waals surface area contributed by atoms with Crippen LogP contribution in [-0.2, 0) is 10.0 Å². The Balaban J connectivity index is 1.82. The lowest BCUT2D eigenvalue weighted by atomic mass is 10.1. The minimum absolute atomic E-state index is 0.0215. The molecule has 1 N–H and O–H groups in total. The second-order valence-electron chi connectivity index (χ2n) is 6.88. The van der Waals surface area contributed by atoms with Crippen molar-refractivity contribution in [2.75, 3.05) is 32.2 Å². The first-order valence-electron chi connectivity index (χ1n) is 9.09. The third-order valence-electron chi connectivity index (χ3n) is 4.85. The summed E-state index contributed by atoms with van der Waals surface area (Å²) in [5.41, 5.74) is 1.46. The summed E-state index contributed by atoms with van der Waals surface area (Å²) in [7, 11) is -0.941. The zero-order chi connectivity index (χ0) is 20.3. The molecule has 1 saturated heterocycles. The summed E-state index contributed by atoms with van der Waals surface area (Å²) in [6.45, 7) is 2.98. The van der Waals surface area contributed by atoms with Crippen LogP contribution >= 0.6 is 0 Å². The number of piperidine rings is 1. The molecule has 8 heteroatoms. The number of rotatable bonds is 6. The molecule has 1 fully saturated rings. The Morgan fingerprint density at radius 1 is 1.14 bits per heavy atom. The van der Waals surface area contributed by atoms with E-state index in [1.807, 2.05) is 11.8 Å². The predicted molar refractivity (Wildman–Crippen MR) is 106 cm³/mol. The van der Waals surface area contributed by atoms with Crippen molar-refractivity contribution >= 4 is 15.7 Å². The van der Waals surface area contributed by atoms with Gasteiger partial charge in [-0.05, 0) is 49.6 Å². The molecule has 0 saturated carbocycles. The van der Waals surface area contributed by atoms with Crippen LogP contribution in [0.4, 0.5) is 10.1 Å². The molecule has 2 aromatic rings. The fraction of sp³-hybridized carbons (Fsp3) is 0.400. The van der Waals surface area contributed by atoms with Gasteiger partial charge in [-0.1, -0.05) is 6.07 Å². The molecule has 0 aromatic heterocycles. The molecular weight excluding hydrogens is 383 g/mol. The molecule has 0 bridgehead atoms. The number of benzene rings is 2. The average molecular weight is 408 g/mol. The minimum Gasteiger partial charge on any atom is -0.497 e.